The molecule has 1 aliphatic heterocycles. The van der Waals surface area contributed by atoms with E-state index in [1.165, 1.54) is 11.1 Å². The molecule has 0 aromatic heterocycles. The van der Waals surface area contributed by atoms with E-state index in [1.54, 1.807) is 0 Å². The highest BCUT2D eigenvalue weighted by Gasteiger charge is 2.28. The maximum Gasteiger partial charge on any atom is 0.222 e. The first kappa shape index (κ1) is 18.4. The molecule has 0 bridgehead atoms. The van der Waals surface area contributed by atoms with Crippen molar-refractivity contribution >= 4 is 15.9 Å². The third kappa shape index (κ3) is 5.03. The fraction of sp³-hybridized carbons (Fsp3) is 0.611. The summed E-state index contributed by atoms with van der Waals surface area (Å²) in [6, 6.07) is 9.18. The predicted molar refractivity (Wildman–Crippen MR) is 97.6 cm³/mol. The maximum absolute atomic E-state index is 12.3. The van der Waals surface area contributed by atoms with Crippen molar-refractivity contribution in [2.75, 3.05) is 31.9 Å². The molecule has 0 unspecified atom stereocenters. The lowest BCUT2D eigenvalue weighted by molar-refractivity contribution is -0.131. The number of rotatable bonds is 5. The van der Waals surface area contributed by atoms with Crippen LogP contribution in [0.2, 0.25) is 0 Å². The molecule has 1 heterocycles. The van der Waals surface area contributed by atoms with Gasteiger partial charge in [-0.3, -0.25) is 9.69 Å². The highest BCUT2D eigenvalue weighted by molar-refractivity contribution is 7.89. The number of carbonyl (C=O) groups is 1. The van der Waals surface area contributed by atoms with Gasteiger partial charge in [0.2, 0.25) is 15.9 Å². The Labute approximate surface area is 150 Å². The second-order valence-electron chi connectivity index (χ2n) is 7.07. The average Bonchev–Trinajstić information content (AvgIpc) is 2.82. The van der Waals surface area contributed by atoms with E-state index in [4.69, 9.17) is 5.14 Å². The molecule has 2 aliphatic rings. The Kier molecular flexibility index (Phi) is 5.76. The van der Waals surface area contributed by atoms with Crippen LogP contribution in [0.4, 0.5) is 0 Å². The number of hydrogen-bond acceptors (Lipinski definition) is 4. The summed E-state index contributed by atoms with van der Waals surface area (Å²) in [7, 11) is -3.48. The Balaban J connectivity index is 1.49. The molecule has 6 nitrogen and oxygen atoms in total. The topological polar surface area (TPSA) is 83.7 Å². The molecule has 1 aromatic carbocycles. The predicted octanol–water partition coefficient (Wildman–Crippen LogP) is 0.757. The number of primary sulfonamides is 1. The minimum absolute atomic E-state index is 0.0419. The van der Waals surface area contributed by atoms with Crippen molar-refractivity contribution in [3.8, 4) is 0 Å². The van der Waals surface area contributed by atoms with Gasteiger partial charge >= 0.3 is 0 Å². The molecule has 1 fully saturated rings. The van der Waals surface area contributed by atoms with Crippen molar-refractivity contribution in [1.82, 2.24) is 9.80 Å². The van der Waals surface area contributed by atoms with Crippen LogP contribution >= 0.6 is 0 Å². The molecular weight excluding hydrogens is 338 g/mol. The van der Waals surface area contributed by atoms with Crippen LogP contribution in [0, 0.1) is 0 Å². The largest absolute Gasteiger partial charge is 0.341 e. The van der Waals surface area contributed by atoms with E-state index in [2.05, 4.69) is 29.2 Å². The molecule has 1 amide bonds. The van der Waals surface area contributed by atoms with E-state index in [1.807, 2.05) is 4.90 Å². The quantitative estimate of drug-likeness (QED) is 0.835. The van der Waals surface area contributed by atoms with Crippen LogP contribution in [0.25, 0.3) is 0 Å². The lowest BCUT2D eigenvalue weighted by atomic mass is 10.1. The monoisotopic (exact) mass is 365 g/mol. The van der Waals surface area contributed by atoms with Crippen LogP contribution in [0.1, 0.15) is 30.4 Å². The van der Waals surface area contributed by atoms with Crippen molar-refractivity contribution < 1.29 is 13.2 Å². The maximum atomic E-state index is 12.3. The number of amides is 1. The van der Waals surface area contributed by atoms with E-state index in [-0.39, 0.29) is 18.1 Å². The summed E-state index contributed by atoms with van der Waals surface area (Å²) in [4.78, 5) is 16.7. The summed E-state index contributed by atoms with van der Waals surface area (Å²) in [5.41, 5.74) is 2.90. The first-order valence-electron chi connectivity index (χ1n) is 9.01. The lowest BCUT2D eigenvalue weighted by Gasteiger charge is -2.27. The lowest BCUT2D eigenvalue weighted by Crippen LogP contribution is -2.40. The molecule has 3 rings (SSSR count). The van der Waals surface area contributed by atoms with Gasteiger partial charge in [0.1, 0.15) is 0 Å². The third-order valence-electron chi connectivity index (χ3n) is 5.25. The second kappa shape index (κ2) is 7.85. The molecule has 0 spiro atoms. The zero-order valence-electron chi connectivity index (χ0n) is 14.6. The molecule has 138 valence electrons. The number of sulfonamides is 1. The van der Waals surface area contributed by atoms with Gasteiger partial charge in [-0.05, 0) is 36.8 Å². The minimum atomic E-state index is -3.48. The van der Waals surface area contributed by atoms with Crippen LogP contribution in [-0.4, -0.2) is 62.1 Å². The zero-order chi connectivity index (χ0) is 17.9. The summed E-state index contributed by atoms with van der Waals surface area (Å²) < 4.78 is 21.9. The van der Waals surface area contributed by atoms with Gasteiger partial charge in [0.25, 0.3) is 0 Å². The van der Waals surface area contributed by atoms with E-state index < -0.39 is 10.0 Å². The highest BCUT2D eigenvalue weighted by Crippen LogP contribution is 2.26. The number of hydrogen-bond donors (Lipinski definition) is 1. The molecule has 25 heavy (non-hydrogen) atoms. The number of carbonyl (C=O) groups excluding carboxylic acids is 1. The molecule has 0 atom stereocenters. The van der Waals surface area contributed by atoms with Crippen molar-refractivity contribution in [1.29, 1.82) is 0 Å². The summed E-state index contributed by atoms with van der Waals surface area (Å²) >= 11 is 0. The fourth-order valence-corrected chi connectivity index (χ4v) is 4.48. The van der Waals surface area contributed by atoms with E-state index >= 15 is 0 Å². The fourth-order valence-electron chi connectivity index (χ4n) is 3.93. The SMILES string of the molecule is NS(=O)(=O)CCCC(=O)N1CCCN(C2Cc3ccccc3C2)CC1. The van der Waals surface area contributed by atoms with Gasteiger partial charge in [0, 0.05) is 38.6 Å². The van der Waals surface area contributed by atoms with Crippen molar-refractivity contribution in [3.05, 3.63) is 35.4 Å². The molecule has 0 radical (unpaired) electrons. The summed E-state index contributed by atoms with van der Waals surface area (Å²) in [5, 5.41) is 4.99. The van der Waals surface area contributed by atoms with Gasteiger partial charge in [0.05, 0.1) is 5.75 Å². The first-order chi connectivity index (χ1) is 11.9. The van der Waals surface area contributed by atoms with E-state index in [0.29, 0.717) is 12.5 Å². The Morgan fingerprint density at radius 2 is 1.76 bits per heavy atom. The van der Waals surface area contributed by atoms with Gasteiger partial charge in [-0.2, -0.15) is 0 Å². The van der Waals surface area contributed by atoms with Crippen LogP contribution < -0.4 is 5.14 Å². The van der Waals surface area contributed by atoms with E-state index in [0.717, 1.165) is 45.4 Å². The Morgan fingerprint density at radius 3 is 2.40 bits per heavy atom. The zero-order valence-corrected chi connectivity index (χ0v) is 15.4. The molecule has 0 saturated carbocycles. The molecule has 7 heteroatoms. The Morgan fingerprint density at radius 1 is 1.08 bits per heavy atom. The van der Waals surface area contributed by atoms with Crippen molar-refractivity contribution in [2.45, 2.75) is 38.1 Å². The third-order valence-corrected chi connectivity index (χ3v) is 6.11. The number of nitrogens with zero attached hydrogens (tertiary/aromatic N) is 2. The average molecular weight is 365 g/mol. The van der Waals surface area contributed by atoms with Crippen LogP contribution in [0.15, 0.2) is 24.3 Å². The minimum Gasteiger partial charge on any atom is -0.341 e. The van der Waals surface area contributed by atoms with E-state index in [9.17, 15) is 13.2 Å². The van der Waals surface area contributed by atoms with Crippen molar-refractivity contribution in [2.24, 2.45) is 5.14 Å². The van der Waals surface area contributed by atoms with Crippen molar-refractivity contribution in [3.63, 3.8) is 0 Å². The standard InChI is InChI=1S/C18H27N3O3S/c19-25(23,24)12-3-7-18(22)21-9-4-8-20(10-11-21)17-13-15-5-1-2-6-16(15)14-17/h1-2,5-6,17H,3-4,7-14H2,(H2,19,23,24). The summed E-state index contributed by atoms with van der Waals surface area (Å²) in [6.07, 6.45) is 3.71. The van der Waals surface area contributed by atoms with Gasteiger partial charge in [0.15, 0.2) is 0 Å². The second-order valence-corrected chi connectivity index (χ2v) is 8.81. The van der Waals surface area contributed by atoms with Gasteiger partial charge in [-0.25, -0.2) is 13.6 Å². The molecule has 1 aliphatic carbocycles. The van der Waals surface area contributed by atoms with Crippen LogP contribution in [0.5, 0.6) is 0 Å². The van der Waals surface area contributed by atoms with Crippen LogP contribution in [-0.2, 0) is 27.7 Å². The number of fused-ring (bicyclic) bond motifs is 1. The van der Waals surface area contributed by atoms with Gasteiger partial charge in [-0.1, -0.05) is 24.3 Å². The summed E-state index contributed by atoms with van der Waals surface area (Å²) in [6.45, 7) is 3.38. The highest BCUT2D eigenvalue weighted by atomic mass is 32.2. The smallest absolute Gasteiger partial charge is 0.222 e. The Hall–Kier alpha value is -1.44. The first-order valence-corrected chi connectivity index (χ1v) is 10.7. The summed E-state index contributed by atoms with van der Waals surface area (Å²) in [5.74, 6) is -0.0841. The molecule has 1 saturated heterocycles. The molecule has 1 aromatic rings. The molecule has 2 N–H and O–H groups in total. The molecular formula is C18H27N3O3S. The Bertz CT molecular complexity index is 695. The van der Waals surface area contributed by atoms with Gasteiger partial charge in [-0.15, -0.1) is 0 Å². The van der Waals surface area contributed by atoms with Crippen LogP contribution in [0.3, 0.4) is 0 Å². The normalized spacial score (nSPS) is 19.6. The number of nitrogens with two attached hydrogens (primary N) is 1. The number of benzene rings is 1. The van der Waals surface area contributed by atoms with Gasteiger partial charge < -0.3 is 4.90 Å².